The number of hydrogen-bond donors (Lipinski definition) is 1. The summed E-state index contributed by atoms with van der Waals surface area (Å²) in [5, 5.41) is 15.7. The number of fused-ring (bicyclic) bond motifs is 1. The summed E-state index contributed by atoms with van der Waals surface area (Å²) >= 11 is 0. The van der Waals surface area contributed by atoms with Gasteiger partial charge in [0.05, 0.1) is 35.4 Å². The van der Waals surface area contributed by atoms with Crippen LogP contribution in [0, 0.1) is 5.92 Å². The number of anilines is 1. The minimum Gasteiger partial charge on any atom is -0.386 e. The van der Waals surface area contributed by atoms with Crippen molar-refractivity contribution in [1.29, 1.82) is 0 Å². The first-order valence-electron chi connectivity index (χ1n) is 12.3. The molecule has 35 heavy (non-hydrogen) atoms. The van der Waals surface area contributed by atoms with Crippen molar-refractivity contribution in [3.05, 3.63) is 78.4 Å². The lowest BCUT2D eigenvalue weighted by molar-refractivity contribution is -0.174. The minimum absolute atomic E-state index is 0.00111. The zero-order valence-electron chi connectivity index (χ0n) is 20.4. The molecule has 2 aromatic carbocycles. The summed E-state index contributed by atoms with van der Waals surface area (Å²) in [6.45, 7) is 4.82. The maximum absolute atomic E-state index is 13.9. The van der Waals surface area contributed by atoms with Crippen molar-refractivity contribution < 1.29 is 19.4 Å². The third-order valence-corrected chi connectivity index (χ3v) is 7.75. The molecule has 2 aromatic rings. The number of rotatable bonds is 6. The monoisotopic (exact) mass is 475 g/mol. The van der Waals surface area contributed by atoms with Crippen molar-refractivity contribution >= 4 is 17.5 Å². The topological polar surface area (TPSA) is 73.3 Å². The van der Waals surface area contributed by atoms with E-state index in [1.54, 1.807) is 19.2 Å². The van der Waals surface area contributed by atoms with Gasteiger partial charge in [0.2, 0.25) is 5.91 Å². The largest absolute Gasteiger partial charge is 0.386 e. The number of para-hydroxylation sites is 1. The van der Waals surface area contributed by atoms with Crippen molar-refractivity contribution in [1.82, 2.24) is 10.0 Å². The number of imide groups is 1. The number of benzene rings is 2. The number of hydrogen-bond acceptors (Lipinski definition) is 6. The van der Waals surface area contributed by atoms with E-state index in [4.69, 9.17) is 4.74 Å². The Hall–Kier alpha value is -2.84. The molecule has 3 heterocycles. The second-order valence-electron chi connectivity index (χ2n) is 10.1. The van der Waals surface area contributed by atoms with Gasteiger partial charge in [0.1, 0.15) is 6.04 Å². The SMILES string of the molecule is COC(C)(C)[C@H]1CCCN1N1[C@H]([C@@H](O)c2ccccc2)C=C[C@@H]2C(=O)N(c3ccccc3)C(=O)[C@@H]21. The maximum Gasteiger partial charge on any atom is 0.253 e. The van der Waals surface area contributed by atoms with E-state index in [1.165, 1.54) is 4.90 Å². The highest BCUT2D eigenvalue weighted by atomic mass is 16.5. The molecule has 0 unspecified atom stereocenters. The fourth-order valence-corrected chi connectivity index (χ4v) is 5.78. The van der Waals surface area contributed by atoms with Crippen LogP contribution in [0.4, 0.5) is 5.69 Å². The molecule has 0 radical (unpaired) electrons. The van der Waals surface area contributed by atoms with Crippen LogP contribution in [-0.2, 0) is 14.3 Å². The lowest BCUT2D eigenvalue weighted by atomic mass is 9.89. The molecule has 0 saturated carbocycles. The summed E-state index contributed by atoms with van der Waals surface area (Å²) in [5.74, 6) is -1.11. The number of hydrazine groups is 1. The van der Waals surface area contributed by atoms with Gasteiger partial charge in [-0.1, -0.05) is 60.7 Å². The zero-order chi connectivity index (χ0) is 24.7. The smallest absolute Gasteiger partial charge is 0.253 e. The molecule has 0 aromatic heterocycles. The van der Waals surface area contributed by atoms with Gasteiger partial charge < -0.3 is 9.84 Å². The number of aliphatic hydroxyl groups excluding tert-OH is 1. The minimum atomic E-state index is -0.867. The van der Waals surface area contributed by atoms with E-state index in [9.17, 15) is 14.7 Å². The normalized spacial score (nSPS) is 28.5. The second kappa shape index (κ2) is 9.32. The maximum atomic E-state index is 13.9. The summed E-state index contributed by atoms with van der Waals surface area (Å²) < 4.78 is 5.86. The molecule has 5 rings (SSSR count). The molecule has 1 N–H and O–H groups in total. The average Bonchev–Trinajstić information content (AvgIpc) is 3.48. The Morgan fingerprint density at radius 1 is 0.971 bits per heavy atom. The highest BCUT2D eigenvalue weighted by Crippen LogP contribution is 2.42. The molecule has 0 aliphatic carbocycles. The van der Waals surface area contributed by atoms with Crippen molar-refractivity contribution in [3.8, 4) is 0 Å². The van der Waals surface area contributed by atoms with Crippen LogP contribution in [0.5, 0.6) is 0 Å². The van der Waals surface area contributed by atoms with Gasteiger partial charge in [0, 0.05) is 13.7 Å². The van der Waals surface area contributed by atoms with E-state index in [-0.39, 0.29) is 17.9 Å². The standard InChI is InChI=1S/C28H33N3O4/c1-28(2,35-3)23-15-10-18-29(23)31-22(25(32)19-11-6-4-7-12-19)17-16-21-24(31)27(34)30(26(21)33)20-13-8-5-9-14-20/h4-9,11-14,16-17,21-25,32H,10,15,18H2,1-3H3/t21-,22-,23+,24+,25-/m0/s1. The van der Waals surface area contributed by atoms with Crippen molar-refractivity contribution in [2.45, 2.75) is 56.5 Å². The van der Waals surface area contributed by atoms with Crippen LogP contribution in [0.15, 0.2) is 72.8 Å². The molecule has 184 valence electrons. The predicted molar refractivity (Wildman–Crippen MR) is 133 cm³/mol. The summed E-state index contributed by atoms with van der Waals surface area (Å²) in [4.78, 5) is 28.8. The quantitative estimate of drug-likeness (QED) is 0.511. The van der Waals surface area contributed by atoms with E-state index in [1.807, 2.05) is 79.5 Å². The van der Waals surface area contributed by atoms with E-state index in [0.29, 0.717) is 5.69 Å². The average molecular weight is 476 g/mol. The van der Waals surface area contributed by atoms with Crippen LogP contribution < -0.4 is 4.90 Å². The van der Waals surface area contributed by atoms with Crippen LogP contribution in [0.2, 0.25) is 0 Å². The van der Waals surface area contributed by atoms with Crippen LogP contribution in [0.25, 0.3) is 0 Å². The van der Waals surface area contributed by atoms with E-state index >= 15 is 0 Å². The van der Waals surface area contributed by atoms with Gasteiger partial charge in [-0.05, 0) is 44.4 Å². The Labute approximate surface area is 206 Å². The first-order valence-corrected chi connectivity index (χ1v) is 12.3. The third kappa shape index (κ3) is 4.02. The highest BCUT2D eigenvalue weighted by molar-refractivity contribution is 6.24. The third-order valence-electron chi connectivity index (χ3n) is 7.75. The van der Waals surface area contributed by atoms with Gasteiger partial charge in [-0.15, -0.1) is 0 Å². The number of ether oxygens (including phenoxy) is 1. The first-order chi connectivity index (χ1) is 16.8. The van der Waals surface area contributed by atoms with Crippen LogP contribution in [0.3, 0.4) is 0 Å². The molecule has 2 fully saturated rings. The lowest BCUT2D eigenvalue weighted by Gasteiger charge is -2.49. The molecule has 0 bridgehead atoms. The Balaban J connectivity index is 1.59. The number of nitrogens with zero attached hydrogens (tertiary/aromatic N) is 3. The van der Waals surface area contributed by atoms with Gasteiger partial charge in [-0.3, -0.25) is 9.59 Å². The Morgan fingerprint density at radius 2 is 1.63 bits per heavy atom. The molecule has 3 aliphatic heterocycles. The molecule has 3 aliphatic rings. The number of methoxy groups -OCH3 is 1. The fourth-order valence-electron chi connectivity index (χ4n) is 5.78. The number of aliphatic hydroxyl groups is 1. The van der Waals surface area contributed by atoms with Gasteiger partial charge in [0.25, 0.3) is 5.91 Å². The molecule has 7 heteroatoms. The van der Waals surface area contributed by atoms with E-state index in [0.717, 1.165) is 24.9 Å². The summed E-state index contributed by atoms with van der Waals surface area (Å²) in [7, 11) is 1.70. The Morgan fingerprint density at radius 3 is 2.29 bits per heavy atom. The van der Waals surface area contributed by atoms with Gasteiger partial charge >= 0.3 is 0 Å². The summed E-state index contributed by atoms with van der Waals surface area (Å²) in [5.41, 5.74) is 0.866. The van der Waals surface area contributed by atoms with E-state index in [2.05, 4.69) is 5.01 Å². The zero-order valence-corrected chi connectivity index (χ0v) is 20.4. The summed E-state index contributed by atoms with van der Waals surface area (Å²) in [6.07, 6.45) is 4.68. The molecule has 7 nitrogen and oxygen atoms in total. The second-order valence-corrected chi connectivity index (χ2v) is 10.1. The highest BCUT2D eigenvalue weighted by Gasteiger charge is 2.57. The van der Waals surface area contributed by atoms with E-state index < -0.39 is 29.7 Å². The van der Waals surface area contributed by atoms with Crippen LogP contribution in [-0.4, -0.2) is 64.3 Å². The van der Waals surface area contributed by atoms with Crippen molar-refractivity contribution in [2.24, 2.45) is 5.92 Å². The van der Waals surface area contributed by atoms with Gasteiger partial charge in [0.15, 0.2) is 0 Å². The van der Waals surface area contributed by atoms with Crippen molar-refractivity contribution in [3.63, 3.8) is 0 Å². The fraction of sp³-hybridized carbons (Fsp3) is 0.429. The van der Waals surface area contributed by atoms with Gasteiger partial charge in [-0.25, -0.2) is 14.9 Å². The number of carbonyl (C=O) groups excluding carboxylic acids is 2. The number of amides is 2. The predicted octanol–water partition coefficient (Wildman–Crippen LogP) is 3.32. The number of carbonyl (C=O) groups is 2. The van der Waals surface area contributed by atoms with Gasteiger partial charge in [-0.2, -0.15) is 0 Å². The van der Waals surface area contributed by atoms with Crippen molar-refractivity contribution in [2.75, 3.05) is 18.6 Å². The van der Waals surface area contributed by atoms with Crippen LogP contribution in [0.1, 0.15) is 38.4 Å². The Bertz CT molecular complexity index is 1100. The summed E-state index contributed by atoms with van der Waals surface area (Å²) in [6, 6.07) is 17.3. The molecule has 0 spiro atoms. The Kier molecular flexibility index (Phi) is 6.36. The molecule has 2 saturated heterocycles. The first kappa shape index (κ1) is 23.9. The molecular formula is C28H33N3O4. The lowest BCUT2D eigenvalue weighted by Crippen LogP contribution is -2.64. The van der Waals surface area contributed by atoms with Crippen LogP contribution >= 0.6 is 0 Å². The molecule has 5 atom stereocenters. The molecule has 2 amide bonds. The molecular weight excluding hydrogens is 442 g/mol.